The zero-order valence-corrected chi connectivity index (χ0v) is 40.1. The summed E-state index contributed by atoms with van der Waals surface area (Å²) in [5, 5.41) is 43.7. The van der Waals surface area contributed by atoms with Gasteiger partial charge in [0.2, 0.25) is 11.8 Å². The molecule has 0 bridgehead atoms. The Bertz CT molecular complexity index is 2960. The minimum Gasteiger partial charge on any atom is -0.508 e. The van der Waals surface area contributed by atoms with Crippen molar-refractivity contribution in [2.75, 3.05) is 30.8 Å². The van der Waals surface area contributed by atoms with Crippen LogP contribution in [0.2, 0.25) is 0 Å². The first-order valence-corrected chi connectivity index (χ1v) is 23.7. The summed E-state index contributed by atoms with van der Waals surface area (Å²) in [4.78, 5) is 103. The van der Waals surface area contributed by atoms with Crippen molar-refractivity contribution < 1.29 is 84.8 Å². The molecule has 0 aliphatic rings. The van der Waals surface area contributed by atoms with Gasteiger partial charge in [0.15, 0.2) is 21.7 Å². The number of aromatic hydroxyl groups is 2. The number of nitrogens with zero attached hydrogens (tertiary/aromatic N) is 2. The van der Waals surface area contributed by atoms with E-state index in [4.69, 9.17) is 0 Å². The van der Waals surface area contributed by atoms with E-state index >= 15 is 0 Å². The van der Waals surface area contributed by atoms with Gasteiger partial charge in [-0.3, -0.25) is 28.8 Å². The van der Waals surface area contributed by atoms with Crippen molar-refractivity contribution in [3.8, 4) is 11.5 Å². The van der Waals surface area contributed by atoms with Crippen LogP contribution in [0.15, 0.2) is 83.6 Å². The smallest absolute Gasteiger partial charge is 0.435 e. The number of nitrogens with one attached hydrogen (secondary N) is 6. The van der Waals surface area contributed by atoms with Gasteiger partial charge < -0.3 is 52.0 Å². The largest absolute Gasteiger partial charge is 0.508 e. The maximum absolute atomic E-state index is 13.6. The molecule has 0 saturated heterocycles. The van der Waals surface area contributed by atoms with Crippen LogP contribution < -0.4 is 31.9 Å². The van der Waals surface area contributed by atoms with Crippen LogP contribution in [0.4, 0.5) is 36.6 Å². The average molecular weight is 1100 g/mol. The lowest BCUT2D eigenvalue weighted by Gasteiger charge is -2.17. The quantitative estimate of drug-likeness (QED) is 0.0378. The minimum atomic E-state index is -5.08. The van der Waals surface area contributed by atoms with Crippen LogP contribution in [0, 0.1) is 0 Å². The second kappa shape index (κ2) is 24.9. The van der Waals surface area contributed by atoms with Crippen LogP contribution in [0.25, 0.3) is 0 Å². The topological polar surface area (TPSA) is 304 Å². The lowest BCUT2D eigenvalue weighted by Crippen LogP contribution is -2.49. The standard InChI is InChI=1S/C22H19F3N4O6S2.C21H17F3N4O6S2/c1-35-20(34)13(10-26-18(32)14-6-3-7-36-14)27-19(33)16-17(22(23,24)25)29-21(37-16)28-15(31)9-11-4-2-5-12(30)8-11;22-21(23,24)16-15(36-20(28-16)27-14(30)8-10-3-1-4-11(29)7-10)18(32)26-12(19(33)34)9-25-17(31)13-5-2-6-35-13/h2-8,13,30H,9-10H2,1H3,(H,26,32)(H,27,33)(H,28,29,31);1-7,12,29H,8-9H2,(H,25,31)(H,26,32)(H,33,34)(H,27,28,30)/t13-;12-/m00/s1. The highest BCUT2D eigenvalue weighted by Gasteiger charge is 2.42. The number of anilines is 2. The number of methoxy groups -OCH3 is 1. The molecule has 0 fully saturated rings. The number of hydrogen-bond acceptors (Lipinski definition) is 17. The average Bonchev–Trinajstić information content (AvgIpc) is 4.17. The lowest BCUT2D eigenvalue weighted by molar-refractivity contribution is -0.143. The monoisotopic (exact) mass is 1100 g/mol. The number of benzene rings is 2. The zero-order chi connectivity index (χ0) is 53.6. The number of phenols is 2. The number of alkyl halides is 6. The van der Waals surface area contributed by atoms with E-state index in [1.807, 2.05) is 5.32 Å². The van der Waals surface area contributed by atoms with Crippen LogP contribution >= 0.6 is 45.3 Å². The number of hydrogen-bond donors (Lipinski definition) is 9. The molecular weight excluding hydrogens is 1060 g/mol. The summed E-state index contributed by atoms with van der Waals surface area (Å²) >= 11 is 2.68. The molecule has 6 amide bonds. The highest BCUT2D eigenvalue weighted by molar-refractivity contribution is 7.18. The molecule has 6 rings (SSSR count). The number of thiazole rings is 2. The summed E-state index contributed by atoms with van der Waals surface area (Å²) in [5.74, 6) is -8.15. The second-order valence-electron chi connectivity index (χ2n) is 14.5. The van der Waals surface area contributed by atoms with E-state index in [1.165, 1.54) is 60.7 Å². The molecule has 73 heavy (non-hydrogen) atoms. The van der Waals surface area contributed by atoms with Gasteiger partial charge in [-0.2, -0.15) is 26.3 Å². The predicted octanol–water partition coefficient (Wildman–Crippen LogP) is 5.53. The van der Waals surface area contributed by atoms with Crippen molar-refractivity contribution in [3.63, 3.8) is 0 Å². The third-order valence-electron chi connectivity index (χ3n) is 9.06. The third-order valence-corrected chi connectivity index (χ3v) is 12.7. The van der Waals surface area contributed by atoms with Gasteiger partial charge in [-0.1, -0.05) is 59.1 Å². The summed E-state index contributed by atoms with van der Waals surface area (Å²) < 4.78 is 85.9. The Hall–Kier alpha value is -7.96. The number of rotatable bonds is 18. The summed E-state index contributed by atoms with van der Waals surface area (Å²) in [7, 11) is 1.01. The Kier molecular flexibility index (Phi) is 19.1. The summed E-state index contributed by atoms with van der Waals surface area (Å²) in [6.07, 6.45) is -10.7. The van der Waals surface area contributed by atoms with Gasteiger partial charge in [0.05, 0.1) is 29.7 Å². The Balaban J connectivity index is 0.000000271. The van der Waals surface area contributed by atoms with Crippen molar-refractivity contribution >= 4 is 103 Å². The number of halogens is 6. The molecule has 386 valence electrons. The van der Waals surface area contributed by atoms with E-state index in [-0.39, 0.29) is 51.9 Å². The van der Waals surface area contributed by atoms with Crippen LogP contribution in [0.3, 0.4) is 0 Å². The summed E-state index contributed by atoms with van der Waals surface area (Å²) in [6.45, 7) is -1.05. The number of carboxylic acid groups (broad SMARTS) is 1. The predicted molar refractivity (Wildman–Crippen MR) is 251 cm³/mol. The Morgan fingerprint density at radius 2 is 1.01 bits per heavy atom. The fourth-order valence-electron chi connectivity index (χ4n) is 5.83. The molecule has 0 aliphatic carbocycles. The molecule has 0 radical (unpaired) electrons. The molecule has 0 unspecified atom stereocenters. The molecule has 9 N–H and O–H groups in total. The first-order valence-electron chi connectivity index (χ1n) is 20.3. The Morgan fingerprint density at radius 3 is 1.37 bits per heavy atom. The first kappa shape index (κ1) is 56.0. The first-order chi connectivity index (χ1) is 34.4. The normalized spacial score (nSPS) is 11.9. The van der Waals surface area contributed by atoms with E-state index < -0.39 is 116 Å². The van der Waals surface area contributed by atoms with Gasteiger partial charge in [-0.15, -0.1) is 22.7 Å². The van der Waals surface area contributed by atoms with Gasteiger partial charge in [0.1, 0.15) is 33.3 Å². The Morgan fingerprint density at radius 1 is 0.603 bits per heavy atom. The molecule has 6 aromatic rings. The molecule has 0 saturated carbocycles. The number of esters is 1. The van der Waals surface area contributed by atoms with Crippen LogP contribution in [-0.2, 0) is 49.1 Å². The van der Waals surface area contributed by atoms with Crippen molar-refractivity contribution in [1.29, 1.82) is 0 Å². The number of carbonyl (C=O) groups excluding carboxylic acids is 7. The number of carboxylic acids is 1. The number of carbonyl (C=O) groups is 8. The number of aromatic nitrogens is 2. The van der Waals surface area contributed by atoms with Crippen molar-refractivity contribution in [2.45, 2.75) is 37.3 Å². The van der Waals surface area contributed by atoms with Crippen molar-refractivity contribution in [1.82, 2.24) is 31.2 Å². The van der Waals surface area contributed by atoms with Crippen molar-refractivity contribution in [3.05, 3.63) is 126 Å². The molecular formula is C43H36F6N8O12S4. The van der Waals surface area contributed by atoms with E-state index in [9.17, 15) is 80.0 Å². The highest BCUT2D eigenvalue weighted by atomic mass is 32.1. The minimum absolute atomic E-state index is 0.0930. The number of thiophene rings is 2. The van der Waals surface area contributed by atoms with Crippen LogP contribution in [0.5, 0.6) is 11.5 Å². The zero-order valence-electron chi connectivity index (χ0n) is 36.9. The molecule has 2 atom stereocenters. The molecule has 0 aliphatic heterocycles. The second-order valence-corrected chi connectivity index (χ2v) is 18.4. The fraction of sp³-hybridized carbons (Fsp3) is 0.209. The van der Waals surface area contributed by atoms with E-state index in [0.717, 1.165) is 29.8 Å². The van der Waals surface area contributed by atoms with Crippen molar-refractivity contribution in [2.24, 2.45) is 0 Å². The summed E-state index contributed by atoms with van der Waals surface area (Å²) in [6, 6.07) is 14.4. The van der Waals surface area contributed by atoms with Crippen LogP contribution in [0.1, 0.15) is 61.2 Å². The summed E-state index contributed by atoms with van der Waals surface area (Å²) in [5.41, 5.74) is -2.39. The fourth-order valence-corrected chi connectivity index (χ4v) is 8.92. The number of aliphatic carboxylic acids is 1. The maximum Gasteiger partial charge on any atom is 0.435 e. The molecule has 30 heteroatoms. The molecule has 2 aromatic carbocycles. The molecule has 20 nitrogen and oxygen atoms in total. The van der Waals surface area contributed by atoms with Gasteiger partial charge in [0.25, 0.3) is 23.6 Å². The SMILES string of the molecule is COC(=O)[C@H](CNC(=O)c1cccs1)NC(=O)c1sc(NC(=O)Cc2cccc(O)c2)nc1C(F)(F)F.O=C(Cc1cccc(O)c1)Nc1nc(C(F)(F)F)c(C(=O)N[C@@H](CNC(=O)c2cccs2)C(=O)O)s1. The van der Waals surface area contributed by atoms with E-state index in [1.54, 1.807) is 22.9 Å². The molecule has 4 heterocycles. The molecule has 4 aromatic heterocycles. The van der Waals surface area contributed by atoms with Crippen LogP contribution in [-0.4, -0.2) is 105 Å². The van der Waals surface area contributed by atoms with Gasteiger partial charge >= 0.3 is 24.3 Å². The number of amides is 6. The number of ether oxygens (including phenoxy) is 1. The van der Waals surface area contributed by atoms with Gasteiger partial charge in [-0.25, -0.2) is 19.6 Å². The van der Waals surface area contributed by atoms with Gasteiger partial charge in [0, 0.05) is 13.1 Å². The molecule has 0 spiro atoms. The maximum atomic E-state index is 13.6. The Labute approximate surface area is 422 Å². The lowest BCUT2D eigenvalue weighted by atomic mass is 10.1. The highest BCUT2D eigenvalue weighted by Crippen LogP contribution is 2.37. The van der Waals surface area contributed by atoms with E-state index in [0.29, 0.717) is 16.0 Å². The van der Waals surface area contributed by atoms with E-state index in [2.05, 4.69) is 41.3 Å². The third kappa shape index (κ3) is 16.5. The number of phenolic OH excluding ortho intramolecular Hbond substituents is 2. The van der Waals surface area contributed by atoms with Gasteiger partial charge in [-0.05, 0) is 58.3 Å².